The number of likely N-dealkylation sites (N-methyl/N-ethyl adjacent to an activating group) is 1. The molecule has 0 saturated heterocycles. The smallest absolute Gasteiger partial charge is 0.166 e. The van der Waals surface area contributed by atoms with Crippen LogP contribution in [0.4, 0.5) is 0 Å². The van der Waals surface area contributed by atoms with E-state index in [1.54, 1.807) is 0 Å². The minimum atomic E-state index is 0.304. The lowest BCUT2D eigenvalue weighted by molar-refractivity contribution is 0.104. The van der Waals surface area contributed by atoms with Crippen molar-refractivity contribution in [2.75, 3.05) is 20.6 Å². The third-order valence-electron chi connectivity index (χ3n) is 6.37. The van der Waals surface area contributed by atoms with Crippen molar-refractivity contribution in [3.8, 4) is 0 Å². The summed E-state index contributed by atoms with van der Waals surface area (Å²) in [5, 5.41) is 8.04. The fourth-order valence-corrected chi connectivity index (χ4v) is 5.10. The second-order valence-electron chi connectivity index (χ2n) is 7.79. The summed E-state index contributed by atoms with van der Waals surface area (Å²) in [6.45, 7) is 0.993. The lowest BCUT2D eigenvalue weighted by atomic mass is 9.80. The van der Waals surface area contributed by atoms with Gasteiger partial charge in [-0.3, -0.25) is 0 Å². The molecular formula is C17H31N3S. The van der Waals surface area contributed by atoms with Crippen LogP contribution in [0.3, 0.4) is 0 Å². The van der Waals surface area contributed by atoms with Crippen LogP contribution in [-0.2, 0) is 0 Å². The molecule has 3 fully saturated rings. The van der Waals surface area contributed by atoms with Crippen molar-refractivity contribution in [1.82, 2.24) is 15.5 Å². The first kappa shape index (κ1) is 15.5. The molecule has 3 atom stereocenters. The molecule has 0 amide bonds. The van der Waals surface area contributed by atoms with Gasteiger partial charge in [-0.15, -0.1) is 0 Å². The molecule has 0 spiro atoms. The normalized spacial score (nSPS) is 34.1. The lowest BCUT2D eigenvalue weighted by Crippen LogP contribution is -2.56. The quantitative estimate of drug-likeness (QED) is 0.781. The van der Waals surface area contributed by atoms with E-state index in [1.165, 1.54) is 57.8 Å². The van der Waals surface area contributed by atoms with E-state index in [-0.39, 0.29) is 0 Å². The van der Waals surface area contributed by atoms with Gasteiger partial charge >= 0.3 is 0 Å². The largest absolute Gasteiger partial charge is 0.361 e. The van der Waals surface area contributed by atoms with Crippen molar-refractivity contribution in [3.05, 3.63) is 0 Å². The average Bonchev–Trinajstić information content (AvgIpc) is 3.08. The molecule has 3 nitrogen and oxygen atoms in total. The maximum atomic E-state index is 5.57. The van der Waals surface area contributed by atoms with E-state index in [1.807, 2.05) is 0 Å². The van der Waals surface area contributed by atoms with Gasteiger partial charge in [-0.1, -0.05) is 25.7 Å². The molecule has 0 heterocycles. The van der Waals surface area contributed by atoms with Gasteiger partial charge in [0.1, 0.15) is 0 Å². The maximum Gasteiger partial charge on any atom is 0.166 e. The third kappa shape index (κ3) is 3.37. The van der Waals surface area contributed by atoms with E-state index < -0.39 is 0 Å². The van der Waals surface area contributed by atoms with Crippen LogP contribution in [0.2, 0.25) is 0 Å². The number of rotatable bonds is 4. The first-order valence-corrected chi connectivity index (χ1v) is 9.22. The standard InChI is InChI=1S/C17H31N3S/c1-20(2)17(8-4-3-5-9-17)12-18-16(21)19-15-11-13-6-7-14(15)10-13/h13-15H,3-12H2,1-2H3,(H2,18,19,21)/t13-,14+,15+/m0/s1. The summed E-state index contributed by atoms with van der Waals surface area (Å²) >= 11 is 5.57. The topological polar surface area (TPSA) is 27.3 Å². The Kier molecular flexibility index (Phi) is 4.75. The van der Waals surface area contributed by atoms with E-state index >= 15 is 0 Å². The van der Waals surface area contributed by atoms with Crippen molar-refractivity contribution in [3.63, 3.8) is 0 Å². The molecule has 3 aliphatic carbocycles. The predicted molar refractivity (Wildman–Crippen MR) is 92.5 cm³/mol. The van der Waals surface area contributed by atoms with Gasteiger partial charge in [-0.25, -0.2) is 0 Å². The van der Waals surface area contributed by atoms with Gasteiger partial charge in [0, 0.05) is 18.1 Å². The summed E-state index contributed by atoms with van der Waals surface area (Å²) < 4.78 is 0. The highest BCUT2D eigenvalue weighted by molar-refractivity contribution is 7.80. The summed E-state index contributed by atoms with van der Waals surface area (Å²) in [7, 11) is 4.44. The van der Waals surface area contributed by atoms with Gasteiger partial charge in [0.25, 0.3) is 0 Å². The molecule has 0 aromatic rings. The van der Waals surface area contributed by atoms with Crippen LogP contribution >= 0.6 is 12.2 Å². The van der Waals surface area contributed by atoms with E-state index in [0.717, 1.165) is 23.5 Å². The van der Waals surface area contributed by atoms with Crippen LogP contribution in [0.15, 0.2) is 0 Å². The number of nitrogens with one attached hydrogen (secondary N) is 2. The molecule has 0 radical (unpaired) electrons. The Bertz CT molecular complexity index is 376. The van der Waals surface area contributed by atoms with Gasteiger partial charge < -0.3 is 15.5 Å². The summed E-state index contributed by atoms with van der Waals surface area (Å²) in [4.78, 5) is 2.42. The molecule has 2 N–H and O–H groups in total. The van der Waals surface area contributed by atoms with Crippen LogP contribution in [-0.4, -0.2) is 42.2 Å². The van der Waals surface area contributed by atoms with Crippen molar-refractivity contribution in [2.45, 2.75) is 69.4 Å². The van der Waals surface area contributed by atoms with Crippen molar-refractivity contribution >= 4 is 17.3 Å². The summed E-state index contributed by atoms with van der Waals surface area (Å²) in [6, 6.07) is 0.644. The minimum Gasteiger partial charge on any atom is -0.361 e. The number of nitrogens with zero attached hydrogens (tertiary/aromatic N) is 1. The van der Waals surface area contributed by atoms with Gasteiger partial charge in [-0.2, -0.15) is 0 Å². The molecule has 120 valence electrons. The van der Waals surface area contributed by atoms with E-state index in [9.17, 15) is 0 Å². The molecule has 0 unspecified atom stereocenters. The fraction of sp³-hybridized carbons (Fsp3) is 0.941. The zero-order valence-electron chi connectivity index (χ0n) is 13.7. The second-order valence-corrected chi connectivity index (χ2v) is 8.20. The van der Waals surface area contributed by atoms with E-state index in [4.69, 9.17) is 12.2 Å². The highest BCUT2D eigenvalue weighted by Crippen LogP contribution is 2.44. The molecule has 3 aliphatic rings. The van der Waals surface area contributed by atoms with Crippen LogP contribution in [0.25, 0.3) is 0 Å². The molecule has 0 aliphatic heterocycles. The van der Waals surface area contributed by atoms with Gasteiger partial charge in [-0.05, 0) is 70.3 Å². The number of thiocarbonyl (C=S) groups is 1. The van der Waals surface area contributed by atoms with Gasteiger partial charge in [0.2, 0.25) is 0 Å². The summed E-state index contributed by atoms with van der Waals surface area (Å²) in [6.07, 6.45) is 12.3. The summed E-state index contributed by atoms with van der Waals surface area (Å²) in [5.74, 6) is 1.86. The highest BCUT2D eigenvalue weighted by Gasteiger charge is 2.40. The number of hydrogen-bond acceptors (Lipinski definition) is 2. The Morgan fingerprint density at radius 2 is 1.90 bits per heavy atom. The highest BCUT2D eigenvalue weighted by atomic mass is 32.1. The van der Waals surface area contributed by atoms with Crippen LogP contribution < -0.4 is 10.6 Å². The number of fused-ring (bicyclic) bond motifs is 2. The Labute approximate surface area is 135 Å². The molecule has 0 aromatic heterocycles. The molecular weight excluding hydrogens is 278 g/mol. The summed E-state index contributed by atoms with van der Waals surface area (Å²) in [5.41, 5.74) is 0.304. The number of hydrogen-bond donors (Lipinski definition) is 2. The fourth-order valence-electron chi connectivity index (χ4n) is 4.88. The minimum absolute atomic E-state index is 0.304. The van der Waals surface area contributed by atoms with E-state index in [2.05, 4.69) is 29.6 Å². The lowest BCUT2D eigenvalue weighted by Gasteiger charge is -2.43. The van der Waals surface area contributed by atoms with Gasteiger partial charge in [0.15, 0.2) is 5.11 Å². The first-order valence-electron chi connectivity index (χ1n) is 8.81. The molecule has 0 aromatic carbocycles. The molecule has 3 rings (SSSR count). The Balaban J connectivity index is 1.48. The molecule has 3 saturated carbocycles. The van der Waals surface area contributed by atoms with E-state index in [0.29, 0.717) is 11.6 Å². The van der Waals surface area contributed by atoms with Crippen molar-refractivity contribution < 1.29 is 0 Å². The average molecular weight is 310 g/mol. The monoisotopic (exact) mass is 309 g/mol. The molecule has 21 heavy (non-hydrogen) atoms. The Morgan fingerprint density at radius 1 is 1.14 bits per heavy atom. The van der Waals surface area contributed by atoms with Crippen molar-refractivity contribution in [1.29, 1.82) is 0 Å². The predicted octanol–water partition coefficient (Wildman–Crippen LogP) is 2.90. The first-order chi connectivity index (χ1) is 10.1. The van der Waals surface area contributed by atoms with Crippen LogP contribution in [0.1, 0.15) is 57.8 Å². The van der Waals surface area contributed by atoms with Crippen LogP contribution in [0.5, 0.6) is 0 Å². The SMILES string of the molecule is CN(C)C1(CNC(=S)N[C@@H]2C[C@H]3CC[C@@H]2C3)CCCCC1. The Hall–Kier alpha value is -0.350. The van der Waals surface area contributed by atoms with Crippen LogP contribution in [0, 0.1) is 11.8 Å². The maximum absolute atomic E-state index is 5.57. The van der Waals surface area contributed by atoms with Crippen molar-refractivity contribution in [2.24, 2.45) is 11.8 Å². The Morgan fingerprint density at radius 3 is 2.48 bits per heavy atom. The second kappa shape index (κ2) is 6.41. The third-order valence-corrected chi connectivity index (χ3v) is 6.63. The van der Waals surface area contributed by atoms with Gasteiger partial charge in [0.05, 0.1) is 0 Å². The molecule has 2 bridgehead atoms. The zero-order valence-corrected chi connectivity index (χ0v) is 14.5. The molecule has 4 heteroatoms. The zero-order chi connectivity index (χ0) is 14.9.